The quantitative estimate of drug-likeness (QED) is 0.0261. The number of allylic oxidation sites excluding steroid dienone is 14. The molecule has 0 spiro atoms. The molecule has 0 amide bonds. The largest absolute Gasteiger partial charge is 0.462 e. The Kier molecular flexibility index (Phi) is 56.3. The molecular weight excluding hydrogens is 877 g/mol. The Morgan fingerprint density at radius 2 is 0.563 bits per heavy atom. The van der Waals surface area contributed by atoms with Crippen LogP contribution in [-0.2, 0) is 28.6 Å². The van der Waals surface area contributed by atoms with Crippen LogP contribution in [-0.4, -0.2) is 37.2 Å². The van der Waals surface area contributed by atoms with Crippen LogP contribution in [0.4, 0.5) is 0 Å². The summed E-state index contributed by atoms with van der Waals surface area (Å²) < 4.78 is 16.9. The average Bonchev–Trinajstić information content (AvgIpc) is 3.37. The van der Waals surface area contributed by atoms with Crippen LogP contribution >= 0.6 is 0 Å². The summed E-state index contributed by atoms with van der Waals surface area (Å²) in [4.78, 5) is 38.2. The van der Waals surface area contributed by atoms with E-state index >= 15 is 0 Å². The molecule has 71 heavy (non-hydrogen) atoms. The molecule has 1 unspecified atom stereocenters. The second-order valence-corrected chi connectivity index (χ2v) is 19.9. The molecule has 0 bridgehead atoms. The van der Waals surface area contributed by atoms with E-state index in [9.17, 15) is 14.4 Å². The van der Waals surface area contributed by atoms with E-state index in [0.717, 1.165) is 109 Å². The van der Waals surface area contributed by atoms with Gasteiger partial charge in [-0.1, -0.05) is 247 Å². The first kappa shape index (κ1) is 67.6. The fraction of sp³-hybridized carbons (Fsp3) is 0.738. The molecule has 0 aliphatic heterocycles. The summed E-state index contributed by atoms with van der Waals surface area (Å²) in [7, 11) is 0. The number of rotatable bonds is 54. The van der Waals surface area contributed by atoms with Crippen molar-refractivity contribution in [2.45, 2.75) is 297 Å². The van der Waals surface area contributed by atoms with Gasteiger partial charge in [0.05, 0.1) is 0 Å². The van der Waals surface area contributed by atoms with Gasteiger partial charge in [-0.25, -0.2) is 0 Å². The van der Waals surface area contributed by atoms with Crippen LogP contribution in [0.2, 0.25) is 0 Å². The molecule has 0 radical (unpaired) electrons. The molecule has 0 N–H and O–H groups in total. The van der Waals surface area contributed by atoms with Crippen molar-refractivity contribution in [1.29, 1.82) is 0 Å². The number of unbranched alkanes of at least 4 members (excludes halogenated alkanes) is 29. The molecule has 0 heterocycles. The van der Waals surface area contributed by atoms with Crippen LogP contribution in [0.25, 0.3) is 0 Å². The van der Waals surface area contributed by atoms with Gasteiger partial charge >= 0.3 is 17.9 Å². The Bertz CT molecular complexity index is 1370. The van der Waals surface area contributed by atoms with E-state index < -0.39 is 6.10 Å². The summed E-state index contributed by atoms with van der Waals surface area (Å²) in [5.74, 6) is -0.905. The lowest BCUT2D eigenvalue weighted by atomic mass is 10.0. The smallest absolute Gasteiger partial charge is 0.306 e. The van der Waals surface area contributed by atoms with E-state index in [0.29, 0.717) is 19.3 Å². The second kappa shape index (κ2) is 59.2. The van der Waals surface area contributed by atoms with Crippen molar-refractivity contribution >= 4 is 17.9 Å². The van der Waals surface area contributed by atoms with Crippen LogP contribution < -0.4 is 0 Å². The van der Waals surface area contributed by atoms with Crippen molar-refractivity contribution in [3.05, 3.63) is 85.1 Å². The average molecular weight is 990 g/mol. The number of hydrogen-bond donors (Lipinski definition) is 0. The number of carbonyl (C=O) groups excluding carboxylic acids is 3. The van der Waals surface area contributed by atoms with E-state index in [1.165, 1.54) is 141 Å². The van der Waals surface area contributed by atoms with Gasteiger partial charge in [0.2, 0.25) is 0 Å². The maximum absolute atomic E-state index is 12.9. The third kappa shape index (κ3) is 57.4. The minimum Gasteiger partial charge on any atom is -0.462 e. The Balaban J connectivity index is 4.32. The monoisotopic (exact) mass is 989 g/mol. The van der Waals surface area contributed by atoms with Gasteiger partial charge in [-0.2, -0.15) is 0 Å². The number of hydrogen-bond acceptors (Lipinski definition) is 6. The topological polar surface area (TPSA) is 78.9 Å². The maximum atomic E-state index is 12.9. The van der Waals surface area contributed by atoms with Crippen LogP contribution in [0.15, 0.2) is 85.1 Å². The summed E-state index contributed by atoms with van der Waals surface area (Å²) in [5.41, 5.74) is 0. The first-order valence-electron chi connectivity index (χ1n) is 30.1. The highest BCUT2D eigenvalue weighted by molar-refractivity contribution is 5.71. The Morgan fingerprint density at radius 3 is 0.915 bits per heavy atom. The molecule has 0 aromatic heterocycles. The summed E-state index contributed by atoms with van der Waals surface area (Å²) in [6.07, 6.45) is 77.2. The standard InChI is InChI=1S/C65H112O6/c1-4-7-10-13-16-19-22-24-26-28-30-31-32-33-35-36-38-40-43-46-49-52-55-58-64(67)70-61-62(60-69-63(66)57-54-51-48-45-42-21-18-15-12-9-6-3)71-65(68)59-56-53-50-47-44-41-39-37-34-29-27-25-23-20-17-14-11-8-5-2/h8,11,15,17-18,20,22,24-25,27-28,30,34,37,62H,4-7,9-10,12-14,16,19,21,23,26,29,31-33,35-36,38-61H2,1-3H3/b11-8-,18-15-,20-17-,24-22-,27-25-,30-28-,37-34-. The highest BCUT2D eigenvalue weighted by Gasteiger charge is 2.19. The third-order valence-corrected chi connectivity index (χ3v) is 12.9. The predicted octanol–water partition coefficient (Wildman–Crippen LogP) is 20.3. The van der Waals surface area contributed by atoms with Gasteiger partial charge < -0.3 is 14.2 Å². The molecule has 0 saturated heterocycles. The summed E-state index contributed by atoms with van der Waals surface area (Å²) in [5, 5.41) is 0. The zero-order chi connectivity index (χ0) is 51.4. The fourth-order valence-corrected chi connectivity index (χ4v) is 8.33. The summed E-state index contributed by atoms with van der Waals surface area (Å²) in [6.45, 7) is 6.48. The van der Waals surface area contributed by atoms with Gasteiger partial charge in [0, 0.05) is 19.3 Å². The summed E-state index contributed by atoms with van der Waals surface area (Å²) in [6, 6.07) is 0. The van der Waals surface area contributed by atoms with Crippen molar-refractivity contribution in [3.63, 3.8) is 0 Å². The molecular formula is C65H112O6. The Labute approximate surface area is 439 Å². The van der Waals surface area contributed by atoms with Gasteiger partial charge in [0.15, 0.2) is 6.10 Å². The molecule has 6 nitrogen and oxygen atoms in total. The van der Waals surface area contributed by atoms with Crippen molar-refractivity contribution in [2.75, 3.05) is 13.2 Å². The van der Waals surface area contributed by atoms with Crippen LogP contribution in [0.5, 0.6) is 0 Å². The molecule has 0 saturated carbocycles. The van der Waals surface area contributed by atoms with Crippen LogP contribution in [0.1, 0.15) is 290 Å². The highest BCUT2D eigenvalue weighted by atomic mass is 16.6. The minimum atomic E-state index is -0.789. The number of carbonyl (C=O) groups is 3. The van der Waals surface area contributed by atoms with Crippen LogP contribution in [0.3, 0.4) is 0 Å². The first-order valence-corrected chi connectivity index (χ1v) is 30.1. The SMILES string of the molecule is CC/C=C\C/C=C\C/C=C\C/C=C\CCCCCCCCC(=O)OC(COC(=O)CCCCCCC/C=C\CCCC)COC(=O)CCCCCCCCCCCCC/C=C\C/C=C\CCCCCCC. The Morgan fingerprint density at radius 1 is 0.296 bits per heavy atom. The van der Waals surface area contributed by atoms with Gasteiger partial charge in [0.1, 0.15) is 13.2 Å². The molecule has 0 aromatic rings. The molecule has 0 aromatic carbocycles. The van der Waals surface area contributed by atoms with Gasteiger partial charge in [-0.3, -0.25) is 14.4 Å². The maximum Gasteiger partial charge on any atom is 0.306 e. The third-order valence-electron chi connectivity index (χ3n) is 12.9. The van der Waals surface area contributed by atoms with Crippen molar-refractivity contribution in [2.24, 2.45) is 0 Å². The summed E-state index contributed by atoms with van der Waals surface area (Å²) >= 11 is 0. The lowest BCUT2D eigenvalue weighted by Gasteiger charge is -2.18. The molecule has 0 fully saturated rings. The van der Waals surface area contributed by atoms with Gasteiger partial charge in [-0.05, 0) is 109 Å². The highest BCUT2D eigenvalue weighted by Crippen LogP contribution is 2.15. The first-order chi connectivity index (χ1) is 35.0. The molecule has 1 atom stereocenters. The van der Waals surface area contributed by atoms with E-state index in [4.69, 9.17) is 14.2 Å². The normalized spacial score (nSPS) is 12.7. The predicted molar refractivity (Wildman–Crippen MR) is 307 cm³/mol. The van der Waals surface area contributed by atoms with Gasteiger partial charge in [-0.15, -0.1) is 0 Å². The minimum absolute atomic E-state index is 0.0856. The van der Waals surface area contributed by atoms with Crippen molar-refractivity contribution in [3.8, 4) is 0 Å². The molecule has 0 rings (SSSR count). The van der Waals surface area contributed by atoms with Gasteiger partial charge in [0.25, 0.3) is 0 Å². The van der Waals surface area contributed by atoms with E-state index in [-0.39, 0.29) is 31.1 Å². The van der Waals surface area contributed by atoms with E-state index in [2.05, 4.69) is 106 Å². The van der Waals surface area contributed by atoms with Crippen molar-refractivity contribution in [1.82, 2.24) is 0 Å². The van der Waals surface area contributed by atoms with E-state index in [1.807, 2.05) is 0 Å². The van der Waals surface area contributed by atoms with Crippen molar-refractivity contribution < 1.29 is 28.6 Å². The fourth-order valence-electron chi connectivity index (χ4n) is 8.33. The number of esters is 3. The molecule has 408 valence electrons. The second-order valence-electron chi connectivity index (χ2n) is 19.9. The van der Waals surface area contributed by atoms with Crippen LogP contribution in [0, 0.1) is 0 Å². The van der Waals surface area contributed by atoms with E-state index in [1.54, 1.807) is 0 Å². The molecule has 0 aliphatic carbocycles. The lowest BCUT2D eigenvalue weighted by molar-refractivity contribution is -0.167. The zero-order valence-corrected chi connectivity index (χ0v) is 46.7. The lowest BCUT2D eigenvalue weighted by Crippen LogP contribution is -2.30. The molecule has 6 heteroatoms. The Hall–Kier alpha value is -3.41. The molecule has 0 aliphatic rings. The number of ether oxygens (including phenoxy) is 3. The zero-order valence-electron chi connectivity index (χ0n) is 46.7.